The lowest BCUT2D eigenvalue weighted by Gasteiger charge is -2.11. The van der Waals surface area contributed by atoms with Crippen LogP contribution in [0.25, 0.3) is 11.4 Å². The molecule has 0 aliphatic rings. The molecule has 0 bridgehead atoms. The summed E-state index contributed by atoms with van der Waals surface area (Å²) < 4.78 is 23.6. The van der Waals surface area contributed by atoms with E-state index in [2.05, 4.69) is 0 Å². The predicted octanol–water partition coefficient (Wildman–Crippen LogP) is 1.68. The number of benzene rings is 2. The molecule has 4 N–H and O–H groups in total. The van der Waals surface area contributed by atoms with Crippen LogP contribution in [0, 0.1) is 10.7 Å². The van der Waals surface area contributed by atoms with Gasteiger partial charge in [-0.15, -0.1) is 0 Å². The number of thiocyanates is 1. The Labute approximate surface area is 123 Å². The van der Waals surface area contributed by atoms with Crippen LogP contribution in [0.4, 0.5) is 0 Å². The minimum absolute atomic E-state index is 0.121. The lowest BCUT2D eigenvalue weighted by molar-refractivity contribution is 0.605. The second kappa shape index (κ2) is 5.69. The smallest absolute Gasteiger partial charge is 0.270 e. The molecule has 0 spiro atoms. The number of nitriles is 1. The fraction of sp³-hybridized carbons (Fsp3) is 0. The van der Waals surface area contributed by atoms with E-state index in [0.717, 1.165) is 0 Å². The van der Waals surface area contributed by atoms with E-state index < -0.39 is 9.84 Å². The van der Waals surface area contributed by atoms with Crippen molar-refractivity contribution in [2.45, 2.75) is 4.90 Å². The van der Waals surface area contributed by atoms with Crippen LogP contribution in [0.1, 0.15) is 11.1 Å². The average Bonchev–Trinajstić information content (AvgIpc) is 2.54. The molecule has 0 atom stereocenters. The van der Waals surface area contributed by atoms with Gasteiger partial charge in [-0.2, -0.15) is 5.26 Å². The second-order valence-corrected chi connectivity index (χ2v) is 5.91. The van der Waals surface area contributed by atoms with E-state index in [4.69, 9.17) is 16.7 Å². The highest BCUT2D eigenvalue weighted by atomic mass is 32.2. The first-order chi connectivity index (χ1) is 9.97. The van der Waals surface area contributed by atoms with Gasteiger partial charge >= 0.3 is 0 Å². The van der Waals surface area contributed by atoms with Gasteiger partial charge < -0.3 is 11.5 Å². The first-order valence-electron chi connectivity index (χ1n) is 6.03. The third-order valence-corrected chi connectivity index (χ3v) is 4.14. The number of nitrogens with zero attached hydrogens (tertiary/aromatic N) is 1. The molecule has 0 saturated heterocycles. The molecule has 0 amide bonds. The summed E-state index contributed by atoms with van der Waals surface area (Å²) in [7, 11) is -4.05. The van der Waals surface area contributed by atoms with E-state index in [1.54, 1.807) is 30.3 Å². The van der Waals surface area contributed by atoms with Gasteiger partial charge in [0.15, 0.2) is 5.40 Å². The lowest BCUT2D eigenvalue weighted by atomic mass is 10.1. The van der Waals surface area contributed by atoms with Crippen LogP contribution < -0.4 is 11.5 Å². The average molecular weight is 299 g/mol. The number of nitrogens with two attached hydrogens (primary N) is 2. The topological polar surface area (TPSA) is 110 Å². The summed E-state index contributed by atoms with van der Waals surface area (Å²) >= 11 is 0. The SMILES string of the molecule is N#CS(=O)(=O)c1ccccc1C(N)=C(N)c1ccccc1. The van der Waals surface area contributed by atoms with Crippen LogP contribution in [0.3, 0.4) is 0 Å². The van der Waals surface area contributed by atoms with Gasteiger partial charge in [0.2, 0.25) is 0 Å². The van der Waals surface area contributed by atoms with Gasteiger partial charge in [-0.05, 0) is 11.6 Å². The van der Waals surface area contributed by atoms with Crippen molar-refractivity contribution in [1.82, 2.24) is 0 Å². The van der Waals surface area contributed by atoms with E-state index in [0.29, 0.717) is 5.56 Å². The molecule has 5 nitrogen and oxygen atoms in total. The lowest BCUT2D eigenvalue weighted by Crippen LogP contribution is -2.11. The van der Waals surface area contributed by atoms with Gasteiger partial charge in [-0.1, -0.05) is 48.5 Å². The summed E-state index contributed by atoms with van der Waals surface area (Å²) in [6, 6.07) is 15.0. The number of sulfone groups is 1. The Morgan fingerprint density at radius 1 is 0.905 bits per heavy atom. The van der Waals surface area contributed by atoms with Crippen molar-refractivity contribution in [3.05, 3.63) is 65.7 Å². The van der Waals surface area contributed by atoms with E-state index >= 15 is 0 Å². The Morgan fingerprint density at radius 2 is 1.48 bits per heavy atom. The minimum Gasteiger partial charge on any atom is -0.397 e. The molecule has 0 radical (unpaired) electrons. The Balaban J connectivity index is 2.66. The van der Waals surface area contributed by atoms with Gasteiger partial charge in [-0.25, -0.2) is 8.42 Å². The molecule has 0 fully saturated rings. The summed E-state index contributed by atoms with van der Waals surface area (Å²) in [5.41, 5.74) is 13.3. The Bertz CT molecular complexity index is 835. The third kappa shape index (κ3) is 2.88. The van der Waals surface area contributed by atoms with Gasteiger partial charge in [0.1, 0.15) is 0 Å². The molecule has 0 saturated carbocycles. The maximum absolute atomic E-state index is 11.8. The number of hydrogen-bond acceptors (Lipinski definition) is 5. The van der Waals surface area contributed by atoms with Crippen molar-refractivity contribution >= 4 is 21.2 Å². The van der Waals surface area contributed by atoms with Gasteiger partial charge in [0, 0.05) is 5.56 Å². The first kappa shape index (κ1) is 14.6. The monoisotopic (exact) mass is 299 g/mol. The van der Waals surface area contributed by atoms with Crippen molar-refractivity contribution in [3.8, 4) is 5.40 Å². The van der Waals surface area contributed by atoms with Crippen molar-refractivity contribution < 1.29 is 8.42 Å². The fourth-order valence-corrected chi connectivity index (χ4v) is 2.71. The zero-order valence-electron chi connectivity index (χ0n) is 11.0. The second-order valence-electron chi connectivity index (χ2n) is 4.28. The summed E-state index contributed by atoms with van der Waals surface area (Å²) in [4.78, 5) is -0.149. The molecular weight excluding hydrogens is 286 g/mol. The van der Waals surface area contributed by atoms with Crippen LogP contribution in [0.15, 0.2) is 59.5 Å². The maximum Gasteiger partial charge on any atom is 0.270 e. The first-order valence-corrected chi connectivity index (χ1v) is 7.51. The highest BCUT2D eigenvalue weighted by Crippen LogP contribution is 2.25. The molecule has 2 aromatic carbocycles. The highest BCUT2D eigenvalue weighted by molar-refractivity contribution is 7.96. The fourth-order valence-electron chi connectivity index (χ4n) is 1.89. The zero-order chi connectivity index (χ0) is 15.5. The van der Waals surface area contributed by atoms with Gasteiger partial charge in [0.05, 0.1) is 16.3 Å². The van der Waals surface area contributed by atoms with Gasteiger partial charge in [-0.3, -0.25) is 0 Å². The summed E-state index contributed by atoms with van der Waals surface area (Å²) in [5.74, 6) is 0. The molecule has 0 unspecified atom stereocenters. The molecule has 0 heterocycles. The summed E-state index contributed by atoms with van der Waals surface area (Å²) in [5, 5.41) is 10.1. The zero-order valence-corrected chi connectivity index (χ0v) is 11.8. The predicted molar refractivity (Wildman–Crippen MR) is 80.9 cm³/mol. The van der Waals surface area contributed by atoms with E-state index in [1.807, 2.05) is 6.07 Å². The molecule has 0 aliphatic carbocycles. The number of rotatable bonds is 3. The normalized spacial score (nSPS) is 12.3. The summed E-state index contributed by atoms with van der Waals surface area (Å²) in [6.45, 7) is 0. The van der Waals surface area contributed by atoms with Crippen molar-refractivity contribution in [1.29, 1.82) is 5.26 Å². The quantitative estimate of drug-likeness (QED) is 0.509. The molecule has 0 aliphatic heterocycles. The van der Waals surface area contributed by atoms with Crippen LogP contribution in [-0.2, 0) is 9.84 Å². The Kier molecular flexibility index (Phi) is 3.96. The van der Waals surface area contributed by atoms with E-state index in [-0.39, 0.29) is 21.9 Å². The summed E-state index contributed by atoms with van der Waals surface area (Å²) in [6.07, 6.45) is 0. The Morgan fingerprint density at radius 3 is 2.10 bits per heavy atom. The van der Waals surface area contributed by atoms with E-state index in [9.17, 15) is 8.42 Å². The molecular formula is C15H13N3O2S. The van der Waals surface area contributed by atoms with Crippen LogP contribution in [0.5, 0.6) is 0 Å². The largest absolute Gasteiger partial charge is 0.397 e. The molecule has 2 aromatic rings. The Hall–Kier alpha value is -2.78. The van der Waals surface area contributed by atoms with Crippen molar-refractivity contribution in [2.75, 3.05) is 0 Å². The maximum atomic E-state index is 11.8. The van der Waals surface area contributed by atoms with E-state index in [1.165, 1.54) is 23.6 Å². The molecule has 6 heteroatoms. The number of hydrogen-bond donors (Lipinski definition) is 2. The molecule has 2 rings (SSSR count). The van der Waals surface area contributed by atoms with Crippen molar-refractivity contribution in [2.24, 2.45) is 11.5 Å². The molecule has 106 valence electrons. The minimum atomic E-state index is -4.05. The third-order valence-electron chi connectivity index (χ3n) is 2.96. The highest BCUT2D eigenvalue weighted by Gasteiger charge is 2.20. The van der Waals surface area contributed by atoms with Crippen molar-refractivity contribution in [3.63, 3.8) is 0 Å². The van der Waals surface area contributed by atoms with Crippen LogP contribution in [0.2, 0.25) is 0 Å². The van der Waals surface area contributed by atoms with Gasteiger partial charge in [0.25, 0.3) is 9.84 Å². The molecule has 21 heavy (non-hydrogen) atoms. The van der Waals surface area contributed by atoms with Crippen LogP contribution >= 0.6 is 0 Å². The standard InChI is InChI=1S/C15H13N3O2S/c16-10-21(19,20)13-9-5-4-8-12(13)15(18)14(17)11-6-2-1-3-7-11/h1-9H,17-18H2. The van der Waals surface area contributed by atoms with Crippen LogP contribution in [-0.4, -0.2) is 8.42 Å². The molecule has 0 aromatic heterocycles.